The quantitative estimate of drug-likeness (QED) is 0.760. The average Bonchev–Trinajstić information content (AvgIpc) is 2.58. The van der Waals surface area contributed by atoms with E-state index in [4.69, 9.17) is 15.2 Å². The van der Waals surface area contributed by atoms with Crippen LogP contribution in [0.3, 0.4) is 0 Å². The second-order valence-electron chi connectivity index (χ2n) is 6.18. The monoisotopic (exact) mass is 369 g/mol. The van der Waals surface area contributed by atoms with E-state index in [1.54, 1.807) is 43.3 Å². The van der Waals surface area contributed by atoms with Crippen molar-refractivity contribution in [1.82, 2.24) is 4.98 Å². The minimum atomic E-state index is -3.77. The Hall–Kier alpha value is -2.64. The Morgan fingerprint density at radius 2 is 2.04 bits per heavy atom. The van der Waals surface area contributed by atoms with Gasteiger partial charge >= 0.3 is 0 Å². The second kappa shape index (κ2) is 6.26. The van der Waals surface area contributed by atoms with Gasteiger partial charge < -0.3 is 15.2 Å². The summed E-state index contributed by atoms with van der Waals surface area (Å²) in [4.78, 5) is 4.59. The third kappa shape index (κ3) is 2.89. The third-order valence-electron chi connectivity index (χ3n) is 4.28. The Balaban J connectivity index is 1.83. The number of ether oxygens (including phenoxy) is 2. The number of aryl methyl sites for hydroxylation is 1. The summed E-state index contributed by atoms with van der Waals surface area (Å²) in [5, 5.41) is 0.531. The first kappa shape index (κ1) is 16.8. The number of aromatic nitrogens is 1. The maximum Gasteiger partial charge on any atom is 0.207 e. The molecule has 1 aliphatic rings. The molecule has 3 aromatic rings. The number of anilines is 1. The van der Waals surface area contributed by atoms with Crippen molar-refractivity contribution in [3.05, 3.63) is 54.1 Å². The van der Waals surface area contributed by atoms with Crippen molar-refractivity contribution in [2.75, 3.05) is 18.9 Å². The van der Waals surface area contributed by atoms with Gasteiger partial charge in [0.2, 0.25) is 9.84 Å². The summed E-state index contributed by atoms with van der Waals surface area (Å²) in [6.45, 7) is 2.74. The van der Waals surface area contributed by atoms with Gasteiger partial charge in [-0.05, 0) is 42.8 Å². The normalized spacial score (nSPS) is 15.0. The molecule has 1 saturated heterocycles. The first-order chi connectivity index (χ1) is 12.4. The van der Waals surface area contributed by atoms with Crippen LogP contribution >= 0.6 is 0 Å². The highest BCUT2D eigenvalue weighted by molar-refractivity contribution is 7.91. The fraction of sp³-hybridized carbons (Fsp3) is 0.211. The van der Waals surface area contributed by atoms with Crippen molar-refractivity contribution >= 4 is 26.6 Å². The van der Waals surface area contributed by atoms with Crippen LogP contribution in [-0.4, -0.2) is 32.7 Å². The molecule has 1 aliphatic heterocycles. The van der Waals surface area contributed by atoms with Crippen LogP contribution in [0.5, 0.6) is 5.75 Å². The molecule has 1 radical (unpaired) electrons. The molecule has 0 bridgehead atoms. The summed E-state index contributed by atoms with van der Waals surface area (Å²) < 4.78 is 37.4. The van der Waals surface area contributed by atoms with Crippen LogP contribution in [0.4, 0.5) is 5.82 Å². The fourth-order valence-electron chi connectivity index (χ4n) is 2.84. The molecule has 2 heterocycles. The average molecular weight is 369 g/mol. The van der Waals surface area contributed by atoms with E-state index in [1.807, 2.05) is 0 Å². The summed E-state index contributed by atoms with van der Waals surface area (Å²) in [5.74, 6) is 0.737. The number of nitrogens with zero attached hydrogens (tertiary/aromatic N) is 1. The lowest BCUT2D eigenvalue weighted by molar-refractivity contribution is -0.0798. The molecule has 2 aromatic carbocycles. The van der Waals surface area contributed by atoms with E-state index in [0.717, 1.165) is 0 Å². The SMILES string of the molecule is Cc1c[c]c(OC2COC2)cc1S(=O)(=O)c1cccc2nc(N)ccc12. The second-order valence-corrected chi connectivity index (χ2v) is 8.07. The van der Waals surface area contributed by atoms with E-state index in [1.165, 1.54) is 6.07 Å². The van der Waals surface area contributed by atoms with Crippen molar-refractivity contribution in [3.8, 4) is 5.75 Å². The van der Waals surface area contributed by atoms with Crippen LogP contribution in [0.2, 0.25) is 0 Å². The van der Waals surface area contributed by atoms with Gasteiger partial charge in [-0.25, -0.2) is 13.4 Å². The summed E-state index contributed by atoms with van der Waals surface area (Å²) in [6.07, 6.45) is -0.0609. The van der Waals surface area contributed by atoms with Crippen LogP contribution in [0.25, 0.3) is 10.9 Å². The Bertz CT molecular complexity index is 1090. The van der Waals surface area contributed by atoms with E-state index < -0.39 is 9.84 Å². The summed E-state index contributed by atoms with van der Waals surface area (Å²) >= 11 is 0. The molecule has 4 rings (SSSR count). The van der Waals surface area contributed by atoms with Gasteiger partial charge in [-0.2, -0.15) is 0 Å². The molecular formula is C19H17N2O4S. The van der Waals surface area contributed by atoms with E-state index in [9.17, 15) is 8.42 Å². The van der Waals surface area contributed by atoms with Crippen molar-refractivity contribution in [3.63, 3.8) is 0 Å². The molecule has 6 nitrogen and oxygen atoms in total. The van der Waals surface area contributed by atoms with Crippen LogP contribution in [-0.2, 0) is 14.6 Å². The van der Waals surface area contributed by atoms with Gasteiger partial charge in [-0.3, -0.25) is 0 Å². The minimum absolute atomic E-state index is 0.0609. The molecule has 0 aliphatic carbocycles. The van der Waals surface area contributed by atoms with Gasteiger partial charge in [0.25, 0.3) is 0 Å². The van der Waals surface area contributed by atoms with E-state index >= 15 is 0 Å². The van der Waals surface area contributed by atoms with Crippen LogP contribution in [0.1, 0.15) is 5.56 Å². The summed E-state index contributed by atoms with van der Waals surface area (Å²) in [5.41, 5.74) is 6.85. The highest BCUT2D eigenvalue weighted by Crippen LogP contribution is 2.32. The zero-order valence-corrected chi connectivity index (χ0v) is 14.9. The first-order valence-electron chi connectivity index (χ1n) is 8.12. The lowest BCUT2D eigenvalue weighted by atomic mass is 10.2. The molecule has 0 unspecified atom stereocenters. The highest BCUT2D eigenvalue weighted by Gasteiger charge is 2.25. The highest BCUT2D eigenvalue weighted by atomic mass is 32.2. The number of hydrogen-bond donors (Lipinski definition) is 1. The maximum atomic E-state index is 13.3. The minimum Gasteiger partial charge on any atom is -0.485 e. The molecule has 2 N–H and O–H groups in total. The number of nitrogen functional groups attached to an aromatic ring is 1. The molecule has 7 heteroatoms. The number of fused-ring (bicyclic) bond motifs is 1. The number of rotatable bonds is 4. The van der Waals surface area contributed by atoms with Crippen molar-refractivity contribution in [2.45, 2.75) is 22.8 Å². The standard InChI is InChI=1S/C19H17N2O4S/c1-12-5-6-13(25-14-10-24-11-14)9-18(12)26(22,23)17-4-2-3-16-15(17)7-8-19(20)21-16/h2-5,7-9,14H,10-11H2,1H3,(H2,20,21). The number of sulfone groups is 1. The van der Waals surface area contributed by atoms with E-state index in [-0.39, 0.29) is 15.9 Å². The number of nitrogens with two attached hydrogens (primary N) is 1. The fourth-order valence-corrected chi connectivity index (χ4v) is 4.54. The molecule has 0 spiro atoms. The van der Waals surface area contributed by atoms with Crippen LogP contribution in [0.15, 0.2) is 52.3 Å². The van der Waals surface area contributed by atoms with Gasteiger partial charge in [0.05, 0.1) is 28.5 Å². The molecule has 26 heavy (non-hydrogen) atoms. The zero-order chi connectivity index (χ0) is 18.3. The topological polar surface area (TPSA) is 91.5 Å². The van der Waals surface area contributed by atoms with Gasteiger partial charge in [-0.15, -0.1) is 0 Å². The molecule has 1 aromatic heterocycles. The summed E-state index contributed by atoms with van der Waals surface area (Å²) in [6, 6.07) is 14.4. The van der Waals surface area contributed by atoms with Gasteiger partial charge in [0.15, 0.2) is 0 Å². The predicted molar refractivity (Wildman–Crippen MR) is 96.9 cm³/mol. The van der Waals surface area contributed by atoms with Crippen molar-refractivity contribution in [2.24, 2.45) is 0 Å². The van der Waals surface area contributed by atoms with Gasteiger partial charge in [0.1, 0.15) is 17.7 Å². The Kier molecular flexibility index (Phi) is 4.05. The molecule has 1 fully saturated rings. The first-order valence-corrected chi connectivity index (χ1v) is 9.60. The predicted octanol–water partition coefficient (Wildman–Crippen LogP) is 2.54. The molecule has 0 saturated carbocycles. The summed E-state index contributed by atoms with van der Waals surface area (Å²) in [7, 11) is -3.77. The molecular weight excluding hydrogens is 352 g/mol. The lowest BCUT2D eigenvalue weighted by Gasteiger charge is -2.26. The Labute approximate surface area is 151 Å². The number of benzene rings is 2. The Morgan fingerprint density at radius 3 is 2.77 bits per heavy atom. The van der Waals surface area contributed by atoms with E-state index in [2.05, 4.69) is 11.1 Å². The van der Waals surface area contributed by atoms with Gasteiger partial charge in [-0.1, -0.05) is 6.07 Å². The number of pyridine rings is 1. The lowest BCUT2D eigenvalue weighted by Crippen LogP contribution is -2.38. The number of hydrogen-bond acceptors (Lipinski definition) is 6. The van der Waals surface area contributed by atoms with E-state index in [0.29, 0.717) is 41.2 Å². The van der Waals surface area contributed by atoms with Crippen molar-refractivity contribution < 1.29 is 17.9 Å². The molecule has 0 atom stereocenters. The molecule has 133 valence electrons. The largest absolute Gasteiger partial charge is 0.485 e. The van der Waals surface area contributed by atoms with Crippen LogP contribution < -0.4 is 10.5 Å². The smallest absolute Gasteiger partial charge is 0.207 e. The maximum absolute atomic E-state index is 13.3. The van der Waals surface area contributed by atoms with Crippen molar-refractivity contribution in [1.29, 1.82) is 0 Å². The third-order valence-corrected chi connectivity index (χ3v) is 6.23. The molecule has 0 amide bonds. The van der Waals surface area contributed by atoms with Gasteiger partial charge in [0, 0.05) is 17.5 Å². The Morgan fingerprint density at radius 1 is 1.23 bits per heavy atom. The zero-order valence-electron chi connectivity index (χ0n) is 14.1. The van der Waals surface area contributed by atoms with Crippen LogP contribution in [0, 0.1) is 13.0 Å².